The minimum Gasteiger partial charge on any atom is -0.477 e. The predicted molar refractivity (Wildman–Crippen MR) is 193 cm³/mol. The molecule has 3 aromatic carbocycles. The van der Waals surface area contributed by atoms with Crippen molar-refractivity contribution >= 4 is 58.0 Å². The molecule has 3 unspecified atom stereocenters. The van der Waals surface area contributed by atoms with E-state index < -0.39 is 46.1 Å². The number of aromatic nitrogens is 1. The number of nitrogens with zero attached hydrogens (tertiary/aromatic N) is 3. The maximum Gasteiger partial charge on any atom is 0.353 e. The molecule has 50 heavy (non-hydrogen) atoms. The minimum atomic E-state index is -1.39. The van der Waals surface area contributed by atoms with Crippen LogP contribution < -0.4 is 10.6 Å². The molecule has 256 valence electrons. The van der Waals surface area contributed by atoms with E-state index in [1.807, 2.05) is 112 Å². The first-order valence-corrected chi connectivity index (χ1v) is 17.5. The molecule has 0 spiro atoms. The van der Waals surface area contributed by atoms with E-state index in [1.165, 1.54) is 18.4 Å². The third-order valence-corrected chi connectivity index (χ3v) is 11.2. The molecule has 0 saturated carbocycles. The van der Waals surface area contributed by atoms with Gasteiger partial charge in [-0.1, -0.05) is 117 Å². The molecule has 3 atom stereocenters. The molecule has 1 saturated heterocycles. The number of hydrogen-bond acceptors (Lipinski definition) is 10. The Labute approximate surface area is 297 Å². The van der Waals surface area contributed by atoms with Crippen LogP contribution in [0.2, 0.25) is 0 Å². The smallest absolute Gasteiger partial charge is 0.353 e. The van der Waals surface area contributed by atoms with Gasteiger partial charge in [0.25, 0.3) is 11.8 Å². The Bertz CT molecular complexity index is 1880. The van der Waals surface area contributed by atoms with Gasteiger partial charge in [0.2, 0.25) is 0 Å². The van der Waals surface area contributed by atoms with Crippen molar-refractivity contribution in [1.82, 2.24) is 15.2 Å². The highest BCUT2D eigenvalue weighted by Crippen LogP contribution is 2.49. The second-order valence-corrected chi connectivity index (χ2v) is 14.9. The van der Waals surface area contributed by atoms with E-state index in [0.717, 1.165) is 33.4 Å². The summed E-state index contributed by atoms with van der Waals surface area (Å²) in [5.74, 6) is -2.75. The lowest BCUT2D eigenvalue weighted by atomic mass is 9.77. The summed E-state index contributed by atoms with van der Waals surface area (Å²) in [6.45, 7) is 5.79. The first-order chi connectivity index (χ1) is 24.0. The highest BCUT2D eigenvalue weighted by Gasteiger charge is 2.60. The zero-order valence-corrected chi connectivity index (χ0v) is 29.3. The highest BCUT2D eigenvalue weighted by atomic mass is 32.2. The van der Waals surface area contributed by atoms with Crippen LogP contribution in [0.3, 0.4) is 0 Å². The Morgan fingerprint density at radius 3 is 1.94 bits per heavy atom. The number of allylic oxidation sites excluding steroid dienone is 1. The van der Waals surface area contributed by atoms with Crippen LogP contribution >= 0.6 is 23.1 Å². The van der Waals surface area contributed by atoms with E-state index in [-0.39, 0.29) is 22.0 Å². The van der Waals surface area contributed by atoms with E-state index in [9.17, 15) is 24.3 Å². The number of oxime groups is 1. The lowest BCUT2D eigenvalue weighted by Crippen LogP contribution is -2.76. The molecule has 4 aromatic rings. The number of hydrogen-bond donors (Lipinski definition) is 3. The fraction of sp³-hybridized carbons (Fsp3) is 0.243. The van der Waals surface area contributed by atoms with Crippen LogP contribution in [0.5, 0.6) is 0 Å². The molecule has 0 aliphatic carbocycles. The number of β-lactam (4-membered cyclic amide) rings is 1. The van der Waals surface area contributed by atoms with Gasteiger partial charge in [0.15, 0.2) is 17.1 Å². The number of carboxylic acids is 1. The van der Waals surface area contributed by atoms with Crippen LogP contribution in [0.1, 0.15) is 43.2 Å². The predicted octanol–water partition coefficient (Wildman–Crippen LogP) is 5.25. The second kappa shape index (κ2) is 13.9. The molecule has 0 bridgehead atoms. The highest BCUT2D eigenvalue weighted by molar-refractivity contribution is 8.04. The summed E-state index contributed by atoms with van der Waals surface area (Å²) in [7, 11) is 1.30. The molecule has 1 fully saturated rings. The quantitative estimate of drug-likeness (QED) is 0.0624. The number of aliphatic carboxylic acids is 1. The fourth-order valence-corrected chi connectivity index (χ4v) is 8.62. The lowest BCUT2D eigenvalue weighted by molar-refractivity contribution is -0.155. The molecule has 6 rings (SSSR count). The Balaban J connectivity index is 1.33. The molecule has 0 radical (unpaired) electrons. The Morgan fingerprint density at radius 1 is 0.940 bits per heavy atom. The van der Waals surface area contributed by atoms with Gasteiger partial charge in [-0.3, -0.25) is 19.3 Å². The summed E-state index contributed by atoms with van der Waals surface area (Å²) in [5, 5.41) is 22.1. The van der Waals surface area contributed by atoms with E-state index >= 15 is 0 Å². The number of thiazole rings is 1. The number of aldehydes is 1. The van der Waals surface area contributed by atoms with E-state index in [4.69, 9.17) is 9.82 Å². The number of amides is 2. The third-order valence-electron chi connectivity index (χ3n) is 8.69. The molecule has 1 aromatic heterocycles. The van der Waals surface area contributed by atoms with Crippen molar-refractivity contribution in [3.05, 3.63) is 129 Å². The molecular weight excluding hydrogens is 675 g/mol. The minimum absolute atomic E-state index is 0.0338. The molecular formula is C37H35N5O6S2. The van der Waals surface area contributed by atoms with Crippen molar-refractivity contribution in [3.8, 4) is 0 Å². The zero-order chi connectivity index (χ0) is 35.6. The van der Waals surface area contributed by atoms with E-state index in [0.29, 0.717) is 11.4 Å². The van der Waals surface area contributed by atoms with Crippen LogP contribution in [0.25, 0.3) is 0 Å². The number of thioether (sulfide) groups is 1. The number of carbonyl (C=O) groups excluding carboxylic acids is 3. The summed E-state index contributed by atoms with van der Waals surface area (Å²) in [6.07, 6.45) is 0.460. The average Bonchev–Trinajstić information content (AvgIpc) is 3.59. The van der Waals surface area contributed by atoms with Crippen LogP contribution in [0.4, 0.5) is 5.13 Å². The standard InChI is InChI=1S/C37H35N5O6S2/c1-36(2,3)31-30-28(33(45)42(30)29(34(46)47)26(20-43)50-31)39-32(44)27(41-48-4)25-21-49-35(38-25)40-37(22-14-8-5-9-15-22,23-16-10-6-11-17-23)24-18-12-7-13-19-24/h5-21,28,30-31H,1-4H3,(H,38,40)(H,39,44)(H,46,47). The summed E-state index contributed by atoms with van der Waals surface area (Å²) < 4.78 is 0. The van der Waals surface area contributed by atoms with Crippen LogP contribution in [0.15, 0.2) is 112 Å². The van der Waals surface area contributed by atoms with Gasteiger partial charge in [-0.25, -0.2) is 9.78 Å². The zero-order valence-electron chi connectivity index (χ0n) is 27.7. The summed E-state index contributed by atoms with van der Waals surface area (Å²) in [4.78, 5) is 62.2. The average molecular weight is 710 g/mol. The number of rotatable bonds is 11. The lowest BCUT2D eigenvalue weighted by Gasteiger charge is -2.55. The monoisotopic (exact) mass is 709 g/mol. The number of carbonyl (C=O) groups is 4. The second-order valence-electron chi connectivity index (χ2n) is 12.8. The summed E-state index contributed by atoms with van der Waals surface area (Å²) in [5.41, 5.74) is 1.25. The summed E-state index contributed by atoms with van der Waals surface area (Å²) >= 11 is 2.38. The van der Waals surface area contributed by atoms with Crippen LogP contribution in [-0.4, -0.2) is 69.2 Å². The topological polar surface area (TPSA) is 150 Å². The summed E-state index contributed by atoms with van der Waals surface area (Å²) in [6, 6.07) is 28.2. The van der Waals surface area contributed by atoms with Crippen molar-refractivity contribution in [3.63, 3.8) is 0 Å². The van der Waals surface area contributed by atoms with Gasteiger partial charge in [-0.05, 0) is 22.1 Å². The Kier molecular flexibility index (Phi) is 9.63. The number of benzene rings is 3. The van der Waals surface area contributed by atoms with Crippen molar-refractivity contribution < 1.29 is 29.1 Å². The van der Waals surface area contributed by atoms with Gasteiger partial charge in [0.05, 0.1) is 10.9 Å². The van der Waals surface area contributed by atoms with E-state index in [2.05, 4.69) is 15.8 Å². The van der Waals surface area contributed by atoms with Crippen LogP contribution in [-0.2, 0) is 29.6 Å². The maximum absolute atomic E-state index is 13.9. The van der Waals surface area contributed by atoms with Gasteiger partial charge in [0.1, 0.15) is 30.1 Å². The largest absolute Gasteiger partial charge is 0.477 e. The van der Waals surface area contributed by atoms with Gasteiger partial charge in [0, 0.05) is 10.6 Å². The fourth-order valence-electron chi connectivity index (χ4n) is 6.48. The van der Waals surface area contributed by atoms with Gasteiger partial charge < -0.3 is 20.6 Å². The van der Waals surface area contributed by atoms with Gasteiger partial charge in [-0.2, -0.15) is 0 Å². The first-order valence-electron chi connectivity index (χ1n) is 15.8. The maximum atomic E-state index is 13.9. The Hall–Kier alpha value is -5.27. The SMILES string of the molecule is CON=C(C(=O)NC1C(=O)N2C(C(=O)O)=C(C=O)SC(C(C)(C)C)C12)c1csc(NC(c2ccccc2)(c2ccccc2)c2ccccc2)n1. The molecule has 2 amide bonds. The number of fused-ring (bicyclic) bond motifs is 1. The molecule has 13 heteroatoms. The molecule has 3 N–H and O–H groups in total. The Morgan fingerprint density at radius 2 is 1.48 bits per heavy atom. The number of carboxylic acid groups (broad SMARTS) is 1. The van der Waals surface area contributed by atoms with Crippen molar-refractivity contribution in [2.75, 3.05) is 12.4 Å². The van der Waals surface area contributed by atoms with Gasteiger partial charge >= 0.3 is 5.97 Å². The number of anilines is 1. The molecule has 11 nitrogen and oxygen atoms in total. The van der Waals surface area contributed by atoms with Crippen molar-refractivity contribution in [1.29, 1.82) is 0 Å². The normalized spacial score (nSPS) is 19.3. The van der Waals surface area contributed by atoms with Crippen LogP contribution in [0, 0.1) is 5.41 Å². The van der Waals surface area contributed by atoms with Crippen molar-refractivity contribution in [2.24, 2.45) is 10.6 Å². The molecule has 3 heterocycles. The van der Waals surface area contributed by atoms with E-state index in [1.54, 1.807) is 5.38 Å². The first kappa shape index (κ1) is 34.6. The number of nitrogens with one attached hydrogen (secondary N) is 2. The molecule has 2 aliphatic rings. The van der Waals surface area contributed by atoms with Crippen molar-refractivity contribution in [2.45, 2.75) is 43.6 Å². The third kappa shape index (κ3) is 6.18. The molecule has 2 aliphatic heterocycles. The van der Waals surface area contributed by atoms with Gasteiger partial charge in [-0.15, -0.1) is 23.1 Å².